The van der Waals surface area contributed by atoms with E-state index in [0.717, 1.165) is 38.1 Å². The Kier molecular flexibility index (Phi) is 13.3. The van der Waals surface area contributed by atoms with Crippen LogP contribution in [0.5, 0.6) is 0 Å². The van der Waals surface area contributed by atoms with Gasteiger partial charge in [0.15, 0.2) is 0 Å². The van der Waals surface area contributed by atoms with E-state index in [1.54, 1.807) is 0 Å². The Bertz CT molecular complexity index is 660. The molecule has 0 bridgehead atoms. The maximum absolute atomic E-state index is 13.2. The third-order valence-corrected chi connectivity index (χ3v) is 82.9. The normalized spacial score (nSPS) is 20.6. The van der Waals surface area contributed by atoms with E-state index >= 15 is 0 Å². The molecule has 0 aromatic carbocycles. The lowest BCUT2D eigenvalue weighted by atomic mass is 9.86. The Morgan fingerprint density at radius 2 is 1.36 bits per heavy atom. The van der Waals surface area contributed by atoms with E-state index < -0.39 is 29.4 Å². The average Bonchev–Trinajstić information content (AvgIpc) is 2.75. The van der Waals surface area contributed by atoms with E-state index in [9.17, 15) is 9.59 Å². The smallest absolute Gasteiger partial charge is 0.311 e. The van der Waals surface area contributed by atoms with Gasteiger partial charge in [0.1, 0.15) is 13.4 Å². The Balaban J connectivity index is 2.65. The SMILES string of the molecule is CCC(C)C(=O)OCCOCOC1CCCCC1C(=O)OCC[Si]([Si](C)(C)C)([Si](C)(C)C)[Si](C)(C)C. The summed E-state index contributed by atoms with van der Waals surface area (Å²) in [7, 11) is -4.14. The van der Waals surface area contributed by atoms with Crippen molar-refractivity contribution in [2.75, 3.05) is 26.6 Å². The van der Waals surface area contributed by atoms with Crippen molar-refractivity contribution in [2.45, 2.75) is 117 Å². The van der Waals surface area contributed by atoms with Crippen LogP contribution in [-0.2, 0) is 28.5 Å². The molecule has 3 atom stereocenters. The fourth-order valence-corrected chi connectivity index (χ4v) is 105. The molecule has 10 heteroatoms. The predicted octanol–water partition coefficient (Wildman–Crippen LogP) is 6.37. The van der Waals surface area contributed by atoms with Gasteiger partial charge in [-0.05, 0) is 25.3 Å². The fraction of sp³-hybridized carbons (Fsp3) is 0.923. The van der Waals surface area contributed by atoms with Crippen LogP contribution in [0.15, 0.2) is 0 Å². The van der Waals surface area contributed by atoms with Crippen molar-refractivity contribution in [2.24, 2.45) is 11.8 Å². The first kappa shape index (κ1) is 33.8. The fourth-order valence-electron chi connectivity index (χ4n) is 7.18. The van der Waals surface area contributed by atoms with Crippen LogP contribution in [0.25, 0.3) is 0 Å². The molecule has 0 spiro atoms. The van der Waals surface area contributed by atoms with Gasteiger partial charge in [0.25, 0.3) is 0 Å². The summed E-state index contributed by atoms with van der Waals surface area (Å²) in [4.78, 5) is 24.9. The molecule has 6 nitrogen and oxygen atoms in total. The van der Waals surface area contributed by atoms with Crippen molar-refractivity contribution in [3.8, 4) is 0 Å². The Labute approximate surface area is 225 Å². The molecule has 212 valence electrons. The van der Waals surface area contributed by atoms with Crippen molar-refractivity contribution in [3.63, 3.8) is 0 Å². The first-order chi connectivity index (χ1) is 16.5. The zero-order valence-electron chi connectivity index (χ0n) is 25.3. The quantitative estimate of drug-likeness (QED) is 0.0977. The van der Waals surface area contributed by atoms with Gasteiger partial charge in [-0.15, -0.1) is 0 Å². The van der Waals surface area contributed by atoms with Gasteiger partial charge in [-0.25, -0.2) is 0 Å². The second-order valence-electron chi connectivity index (χ2n) is 13.7. The maximum atomic E-state index is 13.2. The van der Waals surface area contributed by atoms with Crippen molar-refractivity contribution in [1.82, 2.24) is 0 Å². The van der Waals surface area contributed by atoms with Gasteiger partial charge >= 0.3 is 11.9 Å². The largest absolute Gasteiger partial charge is 0.466 e. The summed E-state index contributed by atoms with van der Waals surface area (Å²) in [6.45, 7) is 26.7. The molecule has 0 aromatic rings. The minimum Gasteiger partial charge on any atom is -0.466 e. The van der Waals surface area contributed by atoms with Crippen LogP contribution in [-0.4, -0.2) is 74.1 Å². The van der Waals surface area contributed by atoms with Crippen LogP contribution >= 0.6 is 0 Å². The van der Waals surface area contributed by atoms with Crippen molar-refractivity contribution in [3.05, 3.63) is 0 Å². The Morgan fingerprint density at radius 3 is 1.89 bits per heavy atom. The van der Waals surface area contributed by atoms with Gasteiger partial charge in [-0.2, -0.15) is 0 Å². The minimum absolute atomic E-state index is 0.0909. The second kappa shape index (κ2) is 14.2. The number of hydrogen-bond donors (Lipinski definition) is 0. The Morgan fingerprint density at radius 1 is 0.806 bits per heavy atom. The van der Waals surface area contributed by atoms with E-state index in [4.69, 9.17) is 18.9 Å². The summed E-state index contributed by atoms with van der Waals surface area (Å²) in [5, 5.41) is 0. The molecular weight excluding hydrogens is 521 g/mol. The summed E-state index contributed by atoms with van der Waals surface area (Å²) in [6.07, 6.45) is 4.35. The number of ether oxygens (including phenoxy) is 4. The number of hydrogen-bond acceptors (Lipinski definition) is 6. The third-order valence-electron chi connectivity index (χ3n) is 8.42. The molecule has 1 aliphatic carbocycles. The molecule has 36 heavy (non-hydrogen) atoms. The van der Waals surface area contributed by atoms with Crippen molar-refractivity contribution in [1.29, 1.82) is 0 Å². The molecule has 0 radical (unpaired) electrons. The molecule has 1 fully saturated rings. The number of carbonyl (C=O) groups is 2. The van der Waals surface area contributed by atoms with Gasteiger partial charge < -0.3 is 18.9 Å². The van der Waals surface area contributed by atoms with E-state index in [0.29, 0.717) is 13.2 Å². The lowest BCUT2D eigenvalue weighted by Gasteiger charge is -2.57. The summed E-state index contributed by atoms with van der Waals surface area (Å²) >= 11 is 0. The van der Waals surface area contributed by atoms with Gasteiger partial charge in [-0.1, -0.05) is 85.6 Å². The maximum Gasteiger partial charge on any atom is 0.311 e. The lowest BCUT2D eigenvalue weighted by molar-refractivity contribution is -0.167. The molecule has 1 saturated carbocycles. The summed E-state index contributed by atoms with van der Waals surface area (Å²) in [5.41, 5.74) is 0. The van der Waals surface area contributed by atoms with Crippen LogP contribution in [0, 0.1) is 11.8 Å². The number of rotatable bonds is 15. The third kappa shape index (κ3) is 8.90. The monoisotopic (exact) mass is 576 g/mol. The lowest BCUT2D eigenvalue weighted by Crippen LogP contribution is -2.82. The molecule has 0 aromatic heterocycles. The molecule has 3 unspecified atom stereocenters. The molecule has 0 amide bonds. The summed E-state index contributed by atoms with van der Waals surface area (Å²) in [6, 6.07) is 1.14. The molecule has 0 N–H and O–H groups in total. The van der Waals surface area contributed by atoms with Crippen molar-refractivity contribution < 1.29 is 28.5 Å². The van der Waals surface area contributed by atoms with Crippen LogP contribution < -0.4 is 0 Å². The number of esters is 2. The van der Waals surface area contributed by atoms with Gasteiger partial charge in [0, 0.05) is 29.4 Å². The van der Waals surface area contributed by atoms with E-state index in [1.807, 2.05) is 13.8 Å². The highest BCUT2D eigenvalue weighted by Gasteiger charge is 2.61. The minimum atomic E-state index is -1.53. The summed E-state index contributed by atoms with van der Waals surface area (Å²) in [5.74, 6) is -0.592. The first-order valence-electron chi connectivity index (χ1n) is 14.0. The standard InChI is InChI=1S/C26H56O6Si4/c1-12-22(2)25(27)30-18-17-29-21-32-24-16-14-13-15-23(24)26(28)31-19-20-36(33(3,4)5,34(6,7)8)35(9,10)11/h22-24H,12-21H2,1-11H3. The van der Waals surface area contributed by atoms with E-state index in [1.165, 1.54) is 0 Å². The van der Waals surface area contributed by atoms with E-state index in [2.05, 4.69) is 58.9 Å². The zero-order valence-corrected chi connectivity index (χ0v) is 29.3. The molecular formula is C26H56O6Si4. The van der Waals surface area contributed by atoms with Gasteiger partial charge in [0.05, 0.1) is 31.2 Å². The average molecular weight is 577 g/mol. The first-order valence-corrected chi connectivity index (χ1v) is 29.7. The Hall–Kier alpha value is -0.272. The zero-order chi connectivity index (χ0) is 27.8. The summed E-state index contributed by atoms with van der Waals surface area (Å²) < 4.78 is 22.8. The highest BCUT2D eigenvalue weighted by Crippen LogP contribution is 2.40. The van der Waals surface area contributed by atoms with Crippen LogP contribution in [0.3, 0.4) is 0 Å². The highest BCUT2D eigenvalue weighted by atomic mass is 29.9. The molecule has 0 heterocycles. The molecule has 0 aliphatic heterocycles. The van der Waals surface area contributed by atoms with Gasteiger partial charge in [0.2, 0.25) is 0 Å². The van der Waals surface area contributed by atoms with Crippen molar-refractivity contribution >= 4 is 41.3 Å². The van der Waals surface area contributed by atoms with Crippen LogP contribution in [0.2, 0.25) is 65.0 Å². The molecule has 0 saturated heterocycles. The predicted molar refractivity (Wildman–Crippen MR) is 160 cm³/mol. The molecule has 1 rings (SSSR count). The van der Waals surface area contributed by atoms with Crippen LogP contribution in [0.1, 0.15) is 46.0 Å². The highest BCUT2D eigenvalue weighted by molar-refractivity contribution is 7.89. The number of carbonyl (C=O) groups excluding carboxylic acids is 2. The van der Waals surface area contributed by atoms with Crippen LogP contribution in [0.4, 0.5) is 0 Å². The van der Waals surface area contributed by atoms with E-state index in [-0.39, 0.29) is 43.3 Å². The molecule has 1 aliphatic rings. The topological polar surface area (TPSA) is 71.1 Å². The second-order valence-corrected chi connectivity index (χ2v) is 55.2. The van der Waals surface area contributed by atoms with Gasteiger partial charge in [-0.3, -0.25) is 9.59 Å².